The summed E-state index contributed by atoms with van der Waals surface area (Å²) < 4.78 is 0. The number of nitrogens with one attached hydrogen (secondary N) is 1. The Hall–Kier alpha value is -1.85. The first kappa shape index (κ1) is 16.5. The summed E-state index contributed by atoms with van der Waals surface area (Å²) in [4.78, 5) is 15.3. The van der Waals surface area contributed by atoms with E-state index in [-0.39, 0.29) is 12.5 Å². The van der Waals surface area contributed by atoms with Crippen molar-refractivity contribution in [3.05, 3.63) is 52.7 Å². The van der Waals surface area contributed by atoms with E-state index in [1.165, 1.54) is 4.88 Å². The molecule has 2 rings (SSSR count). The van der Waals surface area contributed by atoms with Gasteiger partial charge < -0.3 is 15.3 Å². The molecule has 1 aromatic carbocycles. The molecule has 2 N–H and O–H groups in total. The second kappa shape index (κ2) is 8.56. The quantitative estimate of drug-likeness (QED) is 0.785. The van der Waals surface area contributed by atoms with E-state index in [4.69, 9.17) is 0 Å². The fraction of sp³-hybridized carbons (Fsp3) is 0.353. The third-order valence-corrected chi connectivity index (χ3v) is 4.15. The smallest absolute Gasteiger partial charge is 0.239 e. The number of benzene rings is 1. The van der Waals surface area contributed by atoms with Gasteiger partial charge in [0.15, 0.2) is 0 Å². The monoisotopic (exact) mass is 318 g/mol. The van der Waals surface area contributed by atoms with Crippen LogP contribution in [0.2, 0.25) is 0 Å². The fourth-order valence-corrected chi connectivity index (χ4v) is 2.94. The van der Waals surface area contributed by atoms with Crippen LogP contribution in [-0.2, 0) is 11.2 Å². The third kappa shape index (κ3) is 5.50. The Bertz CT molecular complexity index is 555. The van der Waals surface area contributed by atoms with Crippen molar-refractivity contribution in [1.82, 2.24) is 5.32 Å². The highest BCUT2D eigenvalue weighted by Gasteiger charge is 2.13. The summed E-state index contributed by atoms with van der Waals surface area (Å²) in [5.74, 6) is -0.0268. The van der Waals surface area contributed by atoms with Crippen LogP contribution in [0.15, 0.2) is 47.8 Å². The van der Waals surface area contributed by atoms with Crippen molar-refractivity contribution >= 4 is 22.9 Å². The Morgan fingerprint density at radius 1 is 1.27 bits per heavy atom. The lowest BCUT2D eigenvalue weighted by molar-refractivity contribution is -0.119. The summed E-state index contributed by atoms with van der Waals surface area (Å²) in [7, 11) is 0. The molecule has 22 heavy (non-hydrogen) atoms. The second-order valence-electron chi connectivity index (χ2n) is 5.24. The summed E-state index contributed by atoms with van der Waals surface area (Å²) >= 11 is 1.70. The van der Waals surface area contributed by atoms with E-state index < -0.39 is 6.10 Å². The van der Waals surface area contributed by atoms with Crippen LogP contribution in [0.5, 0.6) is 0 Å². The molecule has 5 heteroatoms. The van der Waals surface area contributed by atoms with Crippen molar-refractivity contribution in [2.45, 2.75) is 19.4 Å². The number of nitrogens with zero attached hydrogens (tertiary/aromatic N) is 1. The summed E-state index contributed by atoms with van der Waals surface area (Å²) in [6, 6.07) is 13.8. The first-order valence-electron chi connectivity index (χ1n) is 7.42. The molecule has 0 aliphatic carbocycles. The number of carbonyl (C=O) groups is 1. The van der Waals surface area contributed by atoms with Crippen molar-refractivity contribution in [2.24, 2.45) is 0 Å². The van der Waals surface area contributed by atoms with Gasteiger partial charge in [0.1, 0.15) is 0 Å². The number of hydrogen-bond donors (Lipinski definition) is 2. The lowest BCUT2D eigenvalue weighted by atomic mass is 10.2. The standard InChI is InChI=1S/C17H22N2O2S/c1-14(20)12-19(15-6-3-2-4-7-15)13-17(21)18-10-9-16-8-5-11-22-16/h2-8,11,14,20H,9-10,12-13H2,1H3,(H,18,21)/t14-/m0/s1. The van der Waals surface area contributed by atoms with Crippen molar-refractivity contribution in [3.8, 4) is 0 Å². The van der Waals surface area contributed by atoms with Crippen LogP contribution in [0.25, 0.3) is 0 Å². The first-order chi connectivity index (χ1) is 10.6. The minimum Gasteiger partial charge on any atom is -0.392 e. The van der Waals surface area contributed by atoms with Gasteiger partial charge in [-0.15, -0.1) is 11.3 Å². The molecule has 0 saturated heterocycles. The molecule has 0 bridgehead atoms. The summed E-state index contributed by atoms with van der Waals surface area (Å²) in [5.41, 5.74) is 0.941. The summed E-state index contributed by atoms with van der Waals surface area (Å²) in [5, 5.41) is 14.6. The molecule has 0 fully saturated rings. The number of rotatable bonds is 8. The molecular weight excluding hydrogens is 296 g/mol. The van der Waals surface area contributed by atoms with Crippen LogP contribution in [0.3, 0.4) is 0 Å². The maximum Gasteiger partial charge on any atom is 0.239 e. The van der Waals surface area contributed by atoms with Crippen LogP contribution < -0.4 is 10.2 Å². The number of para-hydroxylation sites is 1. The SMILES string of the molecule is C[C@H](O)CN(CC(=O)NCCc1cccs1)c1ccccc1. The molecule has 4 nitrogen and oxygen atoms in total. The molecule has 0 spiro atoms. The van der Waals surface area contributed by atoms with E-state index in [1.54, 1.807) is 18.3 Å². The minimum atomic E-state index is -0.487. The molecule has 0 unspecified atom stereocenters. The Morgan fingerprint density at radius 3 is 2.68 bits per heavy atom. The molecule has 2 aromatic rings. The molecule has 0 saturated carbocycles. The highest BCUT2D eigenvalue weighted by molar-refractivity contribution is 7.09. The van der Waals surface area contributed by atoms with Crippen molar-refractivity contribution < 1.29 is 9.90 Å². The highest BCUT2D eigenvalue weighted by atomic mass is 32.1. The van der Waals surface area contributed by atoms with E-state index >= 15 is 0 Å². The summed E-state index contributed by atoms with van der Waals surface area (Å²) in [6.45, 7) is 3.04. The normalized spacial score (nSPS) is 11.9. The predicted molar refractivity (Wildman–Crippen MR) is 91.4 cm³/mol. The maximum absolute atomic E-state index is 12.1. The average molecular weight is 318 g/mol. The molecule has 0 aliphatic rings. The van der Waals surface area contributed by atoms with E-state index in [9.17, 15) is 9.90 Å². The van der Waals surface area contributed by atoms with Gasteiger partial charge in [-0.2, -0.15) is 0 Å². The van der Waals surface area contributed by atoms with Gasteiger partial charge in [-0.1, -0.05) is 24.3 Å². The van der Waals surface area contributed by atoms with Crippen LogP contribution in [0, 0.1) is 0 Å². The van der Waals surface area contributed by atoms with E-state index in [2.05, 4.69) is 11.4 Å². The Kier molecular flexibility index (Phi) is 6.43. The Labute approximate surface area is 135 Å². The number of carbonyl (C=O) groups excluding carboxylic acids is 1. The van der Waals surface area contributed by atoms with Gasteiger partial charge in [0.2, 0.25) is 5.91 Å². The molecule has 0 radical (unpaired) electrons. The Morgan fingerprint density at radius 2 is 2.05 bits per heavy atom. The number of aliphatic hydroxyl groups is 1. The van der Waals surface area contributed by atoms with Crippen LogP contribution in [-0.4, -0.2) is 36.8 Å². The van der Waals surface area contributed by atoms with Crippen molar-refractivity contribution in [3.63, 3.8) is 0 Å². The molecule has 1 atom stereocenters. The molecular formula is C17H22N2O2S. The Balaban J connectivity index is 1.85. The maximum atomic E-state index is 12.1. The molecule has 118 valence electrons. The van der Waals surface area contributed by atoms with Gasteiger partial charge in [-0.05, 0) is 36.9 Å². The third-order valence-electron chi connectivity index (χ3n) is 3.21. The number of hydrogen-bond acceptors (Lipinski definition) is 4. The van der Waals surface area contributed by atoms with Crippen LogP contribution >= 0.6 is 11.3 Å². The number of aliphatic hydroxyl groups excluding tert-OH is 1. The van der Waals surface area contributed by atoms with E-state index in [1.807, 2.05) is 46.7 Å². The number of anilines is 1. The van der Waals surface area contributed by atoms with Crippen LogP contribution in [0.1, 0.15) is 11.8 Å². The average Bonchev–Trinajstić information content (AvgIpc) is 3.00. The zero-order valence-electron chi connectivity index (χ0n) is 12.7. The first-order valence-corrected chi connectivity index (χ1v) is 8.30. The zero-order valence-corrected chi connectivity index (χ0v) is 13.6. The van der Waals surface area contributed by atoms with Gasteiger partial charge >= 0.3 is 0 Å². The van der Waals surface area contributed by atoms with Gasteiger partial charge in [0.25, 0.3) is 0 Å². The largest absolute Gasteiger partial charge is 0.392 e. The highest BCUT2D eigenvalue weighted by Crippen LogP contribution is 2.13. The topological polar surface area (TPSA) is 52.6 Å². The fourth-order valence-electron chi connectivity index (χ4n) is 2.23. The van der Waals surface area contributed by atoms with Gasteiger partial charge in [0, 0.05) is 23.7 Å². The molecule has 1 aromatic heterocycles. The van der Waals surface area contributed by atoms with Crippen molar-refractivity contribution in [2.75, 3.05) is 24.5 Å². The molecule has 1 heterocycles. The zero-order chi connectivity index (χ0) is 15.8. The number of thiophene rings is 1. The molecule has 1 amide bonds. The second-order valence-corrected chi connectivity index (χ2v) is 6.28. The lowest BCUT2D eigenvalue weighted by Crippen LogP contribution is -2.41. The summed E-state index contributed by atoms with van der Waals surface area (Å²) in [6.07, 6.45) is 0.365. The van der Waals surface area contributed by atoms with Gasteiger partial charge in [-0.3, -0.25) is 4.79 Å². The van der Waals surface area contributed by atoms with Gasteiger partial charge in [0.05, 0.1) is 12.6 Å². The lowest BCUT2D eigenvalue weighted by Gasteiger charge is -2.25. The number of amides is 1. The van der Waals surface area contributed by atoms with Crippen molar-refractivity contribution in [1.29, 1.82) is 0 Å². The minimum absolute atomic E-state index is 0.0268. The molecule has 0 aliphatic heterocycles. The van der Waals surface area contributed by atoms with Crippen LogP contribution in [0.4, 0.5) is 5.69 Å². The predicted octanol–water partition coefficient (Wildman–Crippen LogP) is 2.29. The van der Waals surface area contributed by atoms with E-state index in [0.717, 1.165) is 12.1 Å². The van der Waals surface area contributed by atoms with E-state index in [0.29, 0.717) is 13.1 Å². The van der Waals surface area contributed by atoms with Gasteiger partial charge in [-0.25, -0.2) is 0 Å².